The Balaban J connectivity index is 2.74. The number of nitrogens with one attached hydrogen (secondary N) is 1. The van der Waals surface area contributed by atoms with Gasteiger partial charge in [-0.05, 0) is 36.0 Å². The second kappa shape index (κ2) is 7.60. The summed E-state index contributed by atoms with van der Waals surface area (Å²) in [6.45, 7) is 6.24. The molecule has 1 aromatic rings. The second-order valence-electron chi connectivity index (χ2n) is 6.24. The molecule has 1 amide bonds. The lowest BCUT2D eigenvalue weighted by molar-refractivity contribution is -0.139. The number of benzene rings is 1. The van der Waals surface area contributed by atoms with E-state index in [2.05, 4.69) is 26.1 Å². The van der Waals surface area contributed by atoms with Gasteiger partial charge in [0, 0.05) is 12.0 Å². The van der Waals surface area contributed by atoms with Crippen LogP contribution in [0.2, 0.25) is 0 Å². The van der Waals surface area contributed by atoms with Gasteiger partial charge in [0.05, 0.1) is 6.07 Å². The molecule has 0 aromatic heterocycles. The number of hydrogen-bond acceptors (Lipinski definition) is 3. The highest BCUT2D eigenvalue weighted by atomic mass is 16.4. The van der Waals surface area contributed by atoms with E-state index in [0.29, 0.717) is 12.0 Å². The fourth-order valence-electron chi connectivity index (χ4n) is 2.01. The van der Waals surface area contributed by atoms with E-state index in [1.54, 1.807) is 12.1 Å². The summed E-state index contributed by atoms with van der Waals surface area (Å²) in [5.74, 6) is -1.50. The number of hydrogen-bond donors (Lipinski definition) is 2. The lowest BCUT2D eigenvalue weighted by Crippen LogP contribution is -2.40. The molecule has 0 saturated carbocycles. The third-order valence-electron chi connectivity index (χ3n) is 3.40. The largest absolute Gasteiger partial charge is 0.480 e. The molecular formula is C17H22N2O3. The van der Waals surface area contributed by atoms with E-state index < -0.39 is 17.9 Å². The van der Waals surface area contributed by atoms with E-state index in [4.69, 9.17) is 10.4 Å². The summed E-state index contributed by atoms with van der Waals surface area (Å²) < 4.78 is 0. The SMILES string of the molecule is CC(C)(C)c1ccc(C(=O)N[C@H](CCCC#N)C(=O)O)cc1. The average molecular weight is 302 g/mol. The summed E-state index contributed by atoms with van der Waals surface area (Å²) in [7, 11) is 0. The minimum atomic E-state index is -1.09. The summed E-state index contributed by atoms with van der Waals surface area (Å²) >= 11 is 0. The zero-order chi connectivity index (χ0) is 16.8. The third-order valence-corrected chi connectivity index (χ3v) is 3.40. The molecular weight excluding hydrogens is 280 g/mol. The zero-order valence-corrected chi connectivity index (χ0v) is 13.2. The van der Waals surface area contributed by atoms with Crippen LogP contribution in [0.3, 0.4) is 0 Å². The summed E-state index contributed by atoms with van der Waals surface area (Å²) in [6.07, 6.45) is 0.964. The van der Waals surface area contributed by atoms with Crippen LogP contribution in [0.25, 0.3) is 0 Å². The molecule has 0 radical (unpaired) electrons. The Bertz CT molecular complexity index is 565. The molecule has 1 rings (SSSR count). The van der Waals surface area contributed by atoms with E-state index in [1.807, 2.05) is 18.2 Å². The molecule has 1 atom stereocenters. The van der Waals surface area contributed by atoms with Crippen molar-refractivity contribution in [3.8, 4) is 6.07 Å². The maximum Gasteiger partial charge on any atom is 0.326 e. The van der Waals surface area contributed by atoms with Crippen molar-refractivity contribution in [2.24, 2.45) is 0 Å². The van der Waals surface area contributed by atoms with Gasteiger partial charge in [-0.25, -0.2) is 4.79 Å². The fourth-order valence-corrected chi connectivity index (χ4v) is 2.01. The molecule has 0 aliphatic heterocycles. The molecule has 5 nitrogen and oxygen atoms in total. The number of unbranched alkanes of at least 4 members (excludes halogenated alkanes) is 1. The van der Waals surface area contributed by atoms with Gasteiger partial charge < -0.3 is 10.4 Å². The number of carbonyl (C=O) groups is 2. The molecule has 5 heteroatoms. The van der Waals surface area contributed by atoms with Crippen LogP contribution >= 0.6 is 0 Å². The highest BCUT2D eigenvalue weighted by molar-refractivity contribution is 5.96. The molecule has 22 heavy (non-hydrogen) atoms. The molecule has 0 aliphatic carbocycles. The maximum atomic E-state index is 12.1. The predicted octanol–water partition coefficient (Wildman–Crippen LogP) is 2.86. The van der Waals surface area contributed by atoms with Gasteiger partial charge in [0.25, 0.3) is 5.91 Å². The first kappa shape index (κ1) is 17.7. The Labute approximate surface area is 131 Å². The minimum Gasteiger partial charge on any atom is -0.480 e. The Hall–Kier alpha value is -2.35. The number of amides is 1. The van der Waals surface area contributed by atoms with Crippen molar-refractivity contribution in [2.75, 3.05) is 0 Å². The molecule has 0 heterocycles. The first-order valence-electron chi connectivity index (χ1n) is 7.27. The monoisotopic (exact) mass is 302 g/mol. The topological polar surface area (TPSA) is 90.2 Å². The van der Waals surface area contributed by atoms with Gasteiger partial charge in [0.15, 0.2) is 0 Å². The molecule has 0 fully saturated rings. The van der Waals surface area contributed by atoms with Gasteiger partial charge >= 0.3 is 5.97 Å². The van der Waals surface area contributed by atoms with Crippen LogP contribution in [0.5, 0.6) is 0 Å². The number of carbonyl (C=O) groups excluding carboxylic acids is 1. The maximum absolute atomic E-state index is 12.1. The number of nitriles is 1. The van der Waals surface area contributed by atoms with Crippen molar-refractivity contribution in [3.05, 3.63) is 35.4 Å². The molecule has 0 spiro atoms. The van der Waals surface area contributed by atoms with Crippen LogP contribution in [-0.4, -0.2) is 23.0 Å². The van der Waals surface area contributed by atoms with E-state index in [1.165, 1.54) is 0 Å². The van der Waals surface area contributed by atoms with Gasteiger partial charge in [-0.2, -0.15) is 5.26 Å². The highest BCUT2D eigenvalue weighted by Crippen LogP contribution is 2.22. The van der Waals surface area contributed by atoms with Gasteiger partial charge in [-0.1, -0.05) is 32.9 Å². The lowest BCUT2D eigenvalue weighted by Gasteiger charge is -2.19. The normalized spacial score (nSPS) is 12.3. The van der Waals surface area contributed by atoms with Gasteiger partial charge in [0.1, 0.15) is 6.04 Å². The van der Waals surface area contributed by atoms with Crippen LogP contribution in [0, 0.1) is 11.3 Å². The van der Waals surface area contributed by atoms with Crippen molar-refractivity contribution >= 4 is 11.9 Å². The van der Waals surface area contributed by atoms with Crippen LogP contribution in [0.15, 0.2) is 24.3 Å². The molecule has 118 valence electrons. The number of aliphatic carboxylic acids is 1. The molecule has 0 saturated heterocycles. The first-order valence-corrected chi connectivity index (χ1v) is 7.27. The van der Waals surface area contributed by atoms with Crippen molar-refractivity contribution in [1.29, 1.82) is 5.26 Å². The van der Waals surface area contributed by atoms with Crippen LogP contribution in [0.4, 0.5) is 0 Å². The lowest BCUT2D eigenvalue weighted by atomic mass is 9.86. The summed E-state index contributed by atoms with van der Waals surface area (Å²) in [6, 6.07) is 8.14. The van der Waals surface area contributed by atoms with Crippen molar-refractivity contribution in [3.63, 3.8) is 0 Å². The highest BCUT2D eigenvalue weighted by Gasteiger charge is 2.20. The smallest absolute Gasteiger partial charge is 0.326 e. The minimum absolute atomic E-state index is 0.00407. The number of rotatable bonds is 6. The Morgan fingerprint density at radius 2 is 1.86 bits per heavy atom. The quantitative estimate of drug-likeness (QED) is 0.791. The van der Waals surface area contributed by atoms with Crippen molar-refractivity contribution < 1.29 is 14.7 Å². The summed E-state index contributed by atoms with van der Waals surface area (Å²) in [5.41, 5.74) is 1.53. The van der Waals surface area contributed by atoms with E-state index in [-0.39, 0.29) is 18.3 Å². The zero-order valence-electron chi connectivity index (χ0n) is 13.2. The van der Waals surface area contributed by atoms with E-state index in [0.717, 1.165) is 5.56 Å². The summed E-state index contributed by atoms with van der Waals surface area (Å²) in [4.78, 5) is 23.3. The molecule has 2 N–H and O–H groups in total. The standard InChI is InChI=1S/C17H22N2O3/c1-17(2,3)13-9-7-12(8-10-13)15(20)19-14(16(21)22)6-4-5-11-18/h7-10,14H,4-6H2,1-3H3,(H,19,20)(H,21,22)/t14-/m1/s1. The number of carboxylic acid groups (broad SMARTS) is 1. The number of carboxylic acids is 1. The predicted molar refractivity (Wildman–Crippen MR) is 83.5 cm³/mol. The first-order chi connectivity index (χ1) is 10.3. The van der Waals surface area contributed by atoms with E-state index in [9.17, 15) is 9.59 Å². The summed E-state index contributed by atoms with van der Waals surface area (Å²) in [5, 5.41) is 20.1. The Morgan fingerprint density at radius 3 is 2.32 bits per heavy atom. The molecule has 1 aromatic carbocycles. The van der Waals surface area contributed by atoms with Crippen LogP contribution in [0.1, 0.15) is 56.0 Å². The van der Waals surface area contributed by atoms with Gasteiger partial charge in [0.2, 0.25) is 0 Å². The fraction of sp³-hybridized carbons (Fsp3) is 0.471. The van der Waals surface area contributed by atoms with Crippen molar-refractivity contribution in [2.45, 2.75) is 51.5 Å². The molecule has 0 unspecified atom stereocenters. The van der Waals surface area contributed by atoms with Crippen molar-refractivity contribution in [1.82, 2.24) is 5.32 Å². The van der Waals surface area contributed by atoms with Crippen LogP contribution < -0.4 is 5.32 Å². The Kier molecular flexibility index (Phi) is 6.11. The average Bonchev–Trinajstić information content (AvgIpc) is 2.45. The van der Waals surface area contributed by atoms with Gasteiger partial charge in [-0.15, -0.1) is 0 Å². The molecule has 0 bridgehead atoms. The second-order valence-corrected chi connectivity index (χ2v) is 6.24. The third kappa shape index (κ3) is 5.21. The number of nitrogens with zero attached hydrogens (tertiary/aromatic N) is 1. The van der Waals surface area contributed by atoms with E-state index >= 15 is 0 Å². The van der Waals surface area contributed by atoms with Gasteiger partial charge in [-0.3, -0.25) is 4.79 Å². The van der Waals surface area contributed by atoms with Crippen LogP contribution in [-0.2, 0) is 10.2 Å². The molecule has 0 aliphatic rings. The Morgan fingerprint density at radius 1 is 1.27 bits per heavy atom.